The Morgan fingerprint density at radius 1 is 0.829 bits per heavy atom. The average Bonchev–Trinajstić information content (AvgIpc) is 3.58. The topological polar surface area (TPSA) is 102 Å². The van der Waals surface area contributed by atoms with E-state index in [-0.39, 0.29) is 31.9 Å². The van der Waals surface area contributed by atoms with Gasteiger partial charge in [-0.3, -0.25) is 0 Å². The molecule has 2 aromatic rings. The van der Waals surface area contributed by atoms with Crippen LogP contribution in [0.1, 0.15) is 31.9 Å². The molecule has 180 valence electrons. The molecule has 1 aliphatic carbocycles. The van der Waals surface area contributed by atoms with Gasteiger partial charge in [-0.2, -0.15) is 0 Å². The van der Waals surface area contributed by atoms with Crippen LogP contribution in [0.3, 0.4) is 0 Å². The Hall–Kier alpha value is -2.25. The molecule has 35 heavy (non-hydrogen) atoms. The SMILES string of the molecule is CC(C)(C)[C@H]1COC([C]2[CH][CH][CH][C]2C(O)(c2ccccc2)c2ccccc2)=N1.[C-]#[O+].[C-]#[O+].[C-]#[O+].[Re]. The van der Waals surface area contributed by atoms with Gasteiger partial charge in [0.05, 0.1) is 12.0 Å². The van der Waals surface area contributed by atoms with Crippen molar-refractivity contribution in [2.45, 2.75) is 32.4 Å². The van der Waals surface area contributed by atoms with Gasteiger partial charge in [-0.1, -0.05) is 81.4 Å². The first-order valence-electron chi connectivity index (χ1n) is 10.3. The van der Waals surface area contributed by atoms with Crippen molar-refractivity contribution >= 4 is 5.90 Å². The fourth-order valence-electron chi connectivity index (χ4n) is 3.72. The summed E-state index contributed by atoms with van der Waals surface area (Å²) in [5, 5.41) is 12.1. The largest absolute Gasteiger partial charge is 0 e. The summed E-state index contributed by atoms with van der Waals surface area (Å²) in [6.45, 7) is 20.6. The second-order valence-electron chi connectivity index (χ2n) is 8.42. The van der Waals surface area contributed by atoms with Crippen LogP contribution in [0, 0.1) is 56.5 Å². The molecule has 0 unspecified atom stereocenters. The number of hydrogen-bond acceptors (Lipinski definition) is 3. The molecule has 1 fully saturated rings. The van der Waals surface area contributed by atoms with Crippen molar-refractivity contribution in [1.29, 1.82) is 0 Å². The fraction of sp³-hybridized carbons (Fsp3) is 0.250. The zero-order chi connectivity index (χ0) is 25.8. The van der Waals surface area contributed by atoms with E-state index in [1.165, 1.54) is 0 Å². The second-order valence-corrected chi connectivity index (χ2v) is 8.42. The Bertz CT molecular complexity index is 910. The van der Waals surface area contributed by atoms with E-state index in [9.17, 15) is 5.11 Å². The summed E-state index contributed by atoms with van der Waals surface area (Å²) in [7, 11) is 0. The number of ether oxygens (including phenoxy) is 1. The van der Waals surface area contributed by atoms with Gasteiger partial charge in [0.25, 0.3) is 0 Å². The molecule has 0 spiro atoms. The number of benzene rings is 2. The Kier molecular flexibility index (Phi) is 14.7. The molecule has 1 atom stereocenters. The van der Waals surface area contributed by atoms with Crippen LogP contribution in [0.15, 0.2) is 65.7 Å². The Morgan fingerprint density at radius 2 is 1.29 bits per heavy atom. The van der Waals surface area contributed by atoms with Crippen molar-refractivity contribution in [3.05, 3.63) is 123 Å². The predicted octanol–water partition coefficient (Wildman–Crippen LogP) is 4.43. The van der Waals surface area contributed by atoms with Crippen LogP contribution in [-0.2, 0) is 44.7 Å². The first kappa shape index (κ1) is 32.8. The van der Waals surface area contributed by atoms with Crippen LogP contribution in [0.2, 0.25) is 0 Å². The van der Waals surface area contributed by atoms with Gasteiger partial charge < -0.3 is 9.84 Å². The van der Waals surface area contributed by atoms with Crippen LogP contribution in [0.5, 0.6) is 0 Å². The van der Waals surface area contributed by atoms with Gasteiger partial charge >= 0.3 is 33.9 Å². The summed E-state index contributed by atoms with van der Waals surface area (Å²) < 4.78 is 28.5. The Morgan fingerprint density at radius 3 is 1.69 bits per heavy atom. The molecule has 2 aliphatic rings. The average molecular weight is 643 g/mol. The molecule has 0 bridgehead atoms. The molecular formula is C28H26NO5Re. The molecule has 0 amide bonds. The monoisotopic (exact) mass is 643 g/mol. The molecule has 6 radical (unpaired) electrons. The first-order chi connectivity index (χ1) is 16.4. The minimum absolute atomic E-state index is 0. The summed E-state index contributed by atoms with van der Waals surface area (Å²) in [4.78, 5) is 4.85. The molecular weight excluding hydrogens is 617 g/mol. The molecule has 0 saturated heterocycles. The standard InChI is InChI=1S/C25H26NO2.3CO.Re/c1-24(2,3)22-17-28-23(26-22)20-15-10-16-21(20)25(27,18-11-6-4-7-12-18)19-13-8-5-9-14-19;3*1-2;/h4-16,22,27H,17H2,1-3H3;;;;/t22-;;;;/m1..../s1. The maximum Gasteiger partial charge on any atom is 0 e. The van der Waals surface area contributed by atoms with Crippen LogP contribution in [0.25, 0.3) is 0 Å². The van der Waals surface area contributed by atoms with Gasteiger partial charge in [-0.25, -0.2) is 4.99 Å². The maximum atomic E-state index is 12.1. The summed E-state index contributed by atoms with van der Waals surface area (Å²) in [5.74, 6) is 2.25. The molecule has 6 nitrogen and oxygen atoms in total. The van der Waals surface area contributed by atoms with Gasteiger partial charge in [0.15, 0.2) is 5.90 Å². The third-order valence-corrected chi connectivity index (χ3v) is 5.47. The number of nitrogens with zero attached hydrogens (tertiary/aromatic N) is 1. The van der Waals surface area contributed by atoms with E-state index >= 15 is 0 Å². The van der Waals surface area contributed by atoms with Crippen LogP contribution >= 0.6 is 0 Å². The van der Waals surface area contributed by atoms with Crippen molar-refractivity contribution in [2.75, 3.05) is 6.61 Å². The van der Waals surface area contributed by atoms with Gasteiger partial charge in [0.1, 0.15) is 12.2 Å². The van der Waals surface area contributed by atoms with E-state index in [0.29, 0.717) is 12.5 Å². The molecule has 1 aliphatic heterocycles. The van der Waals surface area contributed by atoms with Crippen LogP contribution in [0.4, 0.5) is 0 Å². The van der Waals surface area contributed by atoms with E-state index < -0.39 is 5.60 Å². The molecule has 0 aromatic heterocycles. The molecule has 7 heteroatoms. The van der Waals surface area contributed by atoms with E-state index in [2.05, 4.69) is 40.7 Å². The number of aliphatic imine (C=N–C) groups is 1. The van der Waals surface area contributed by atoms with Gasteiger partial charge in [-0.15, -0.1) is 0 Å². The van der Waals surface area contributed by atoms with Crippen LogP contribution < -0.4 is 0 Å². The van der Waals surface area contributed by atoms with Crippen molar-refractivity contribution in [3.8, 4) is 0 Å². The van der Waals surface area contributed by atoms with E-state index in [1.807, 2.05) is 79.9 Å². The fourth-order valence-corrected chi connectivity index (χ4v) is 3.72. The summed E-state index contributed by atoms with van der Waals surface area (Å²) in [5.41, 5.74) is 0.385. The number of rotatable bonds is 4. The Labute approximate surface area is 222 Å². The maximum absolute atomic E-state index is 12.1. The third-order valence-electron chi connectivity index (χ3n) is 5.47. The summed E-state index contributed by atoms with van der Waals surface area (Å²) in [6, 6.07) is 19.6. The van der Waals surface area contributed by atoms with Gasteiger partial charge in [-0.05, 0) is 35.8 Å². The number of aliphatic hydroxyl groups is 1. The molecule has 1 heterocycles. The number of hydrogen-bond donors (Lipinski definition) is 1. The zero-order valence-electron chi connectivity index (χ0n) is 19.7. The minimum atomic E-state index is -1.28. The van der Waals surface area contributed by atoms with E-state index in [1.54, 1.807) is 0 Å². The van der Waals surface area contributed by atoms with Crippen molar-refractivity contribution in [1.82, 2.24) is 0 Å². The normalized spacial score (nSPS) is 17.4. The second kappa shape index (κ2) is 15.7. The van der Waals surface area contributed by atoms with Gasteiger partial charge in [0.2, 0.25) is 0 Å². The zero-order valence-corrected chi connectivity index (χ0v) is 22.4. The molecule has 1 N–H and O–H groups in total. The predicted molar refractivity (Wildman–Crippen MR) is 124 cm³/mol. The third kappa shape index (κ3) is 7.62. The van der Waals surface area contributed by atoms with E-state index in [0.717, 1.165) is 23.0 Å². The summed E-state index contributed by atoms with van der Waals surface area (Å²) in [6.07, 6.45) is 5.90. The van der Waals surface area contributed by atoms with Crippen molar-refractivity contribution < 1.29 is 44.2 Å². The minimum Gasteiger partial charge on any atom is 0 e. The van der Waals surface area contributed by atoms with Crippen molar-refractivity contribution in [3.63, 3.8) is 0 Å². The van der Waals surface area contributed by atoms with Crippen molar-refractivity contribution in [2.24, 2.45) is 10.4 Å². The quantitative estimate of drug-likeness (QED) is 0.394. The molecule has 4 rings (SSSR count). The van der Waals surface area contributed by atoms with Gasteiger partial charge in [0, 0.05) is 26.3 Å². The molecule has 2 aromatic carbocycles. The first-order valence-corrected chi connectivity index (χ1v) is 10.3. The smallest absolute Gasteiger partial charge is 0 e. The van der Waals surface area contributed by atoms with Crippen LogP contribution in [-0.4, -0.2) is 23.7 Å². The Balaban J connectivity index is 0.00000154. The molecule has 1 saturated carbocycles. The summed E-state index contributed by atoms with van der Waals surface area (Å²) >= 11 is 0. The van der Waals surface area contributed by atoms with E-state index in [4.69, 9.17) is 23.7 Å².